The zero-order valence-electron chi connectivity index (χ0n) is 11.6. The number of nitrogens with two attached hydrogens (primary N) is 1. The van der Waals surface area contributed by atoms with E-state index >= 15 is 0 Å². The molecule has 0 amide bonds. The highest BCUT2D eigenvalue weighted by molar-refractivity contribution is 5.78. The second kappa shape index (κ2) is 10.4. The van der Waals surface area contributed by atoms with Crippen molar-refractivity contribution >= 4 is 5.96 Å². The van der Waals surface area contributed by atoms with Gasteiger partial charge >= 0.3 is 0 Å². The molecular weight excluding hydrogens is 218 g/mol. The Labute approximate surface area is 105 Å². The molecule has 0 spiro atoms. The van der Waals surface area contributed by atoms with Gasteiger partial charge in [-0.1, -0.05) is 0 Å². The fourth-order valence-electron chi connectivity index (χ4n) is 1.33. The molecule has 2 N–H and O–H groups in total. The molecule has 0 radical (unpaired) electrons. The zero-order valence-corrected chi connectivity index (χ0v) is 11.6. The number of guanidine groups is 1. The highest BCUT2D eigenvalue weighted by atomic mass is 16.5. The summed E-state index contributed by atoms with van der Waals surface area (Å²) in [6, 6.07) is 0.205. The molecule has 0 saturated heterocycles. The normalized spacial score (nSPS) is 12.2. The first kappa shape index (κ1) is 16.2. The molecule has 0 bridgehead atoms. The van der Waals surface area contributed by atoms with Crippen LogP contribution in [0.4, 0.5) is 0 Å². The molecule has 5 nitrogen and oxygen atoms in total. The van der Waals surface area contributed by atoms with Gasteiger partial charge in [-0.05, 0) is 27.7 Å². The van der Waals surface area contributed by atoms with Crippen LogP contribution in [0.25, 0.3) is 0 Å². The third-order valence-electron chi connectivity index (χ3n) is 2.13. The Kier molecular flexibility index (Phi) is 9.86. The van der Waals surface area contributed by atoms with Gasteiger partial charge in [0.2, 0.25) is 0 Å². The van der Waals surface area contributed by atoms with Gasteiger partial charge < -0.3 is 20.1 Å². The summed E-state index contributed by atoms with van der Waals surface area (Å²) in [4.78, 5) is 6.35. The minimum atomic E-state index is 0.205. The van der Waals surface area contributed by atoms with Gasteiger partial charge in [-0.25, -0.2) is 0 Å². The van der Waals surface area contributed by atoms with Crippen molar-refractivity contribution in [3.05, 3.63) is 0 Å². The van der Waals surface area contributed by atoms with E-state index in [1.807, 2.05) is 32.6 Å². The average Bonchev–Trinajstić information content (AvgIpc) is 2.26. The summed E-state index contributed by atoms with van der Waals surface area (Å²) < 4.78 is 10.7. The van der Waals surface area contributed by atoms with Gasteiger partial charge in [0.15, 0.2) is 5.96 Å². The third-order valence-corrected chi connectivity index (χ3v) is 2.13. The van der Waals surface area contributed by atoms with E-state index in [1.165, 1.54) is 0 Å². The van der Waals surface area contributed by atoms with Crippen LogP contribution in [-0.4, -0.2) is 56.4 Å². The van der Waals surface area contributed by atoms with Crippen LogP contribution in [0.5, 0.6) is 0 Å². The predicted octanol–water partition coefficient (Wildman–Crippen LogP) is 1.08. The van der Waals surface area contributed by atoms with Gasteiger partial charge in [0.1, 0.15) is 0 Å². The number of hydrogen-bond acceptors (Lipinski definition) is 3. The van der Waals surface area contributed by atoms with Crippen LogP contribution in [0.3, 0.4) is 0 Å². The molecule has 5 heteroatoms. The number of aliphatic imine (C=N–C) groups is 1. The van der Waals surface area contributed by atoms with Crippen molar-refractivity contribution in [3.8, 4) is 0 Å². The molecule has 0 atom stereocenters. The maximum absolute atomic E-state index is 5.95. The van der Waals surface area contributed by atoms with Gasteiger partial charge in [0.25, 0.3) is 0 Å². The maximum atomic E-state index is 5.95. The Bertz CT molecular complexity index is 198. The first-order valence-electron chi connectivity index (χ1n) is 6.35. The van der Waals surface area contributed by atoms with Gasteiger partial charge in [-0.2, -0.15) is 0 Å². The summed E-state index contributed by atoms with van der Waals surface area (Å²) in [5, 5.41) is 0. The fourth-order valence-corrected chi connectivity index (χ4v) is 1.33. The lowest BCUT2D eigenvalue weighted by Crippen LogP contribution is -2.42. The third kappa shape index (κ3) is 8.94. The predicted molar refractivity (Wildman–Crippen MR) is 71.3 cm³/mol. The van der Waals surface area contributed by atoms with E-state index < -0.39 is 0 Å². The topological polar surface area (TPSA) is 60.1 Å². The maximum Gasteiger partial charge on any atom is 0.191 e. The number of nitrogens with zero attached hydrogens (tertiary/aromatic N) is 2. The van der Waals surface area contributed by atoms with Crippen LogP contribution in [0, 0.1) is 0 Å². The molecule has 0 aliphatic heterocycles. The number of rotatable bonds is 9. The Balaban J connectivity index is 4.17. The van der Waals surface area contributed by atoms with Crippen molar-refractivity contribution in [1.82, 2.24) is 4.90 Å². The Hall–Kier alpha value is -0.810. The molecule has 0 aromatic heterocycles. The van der Waals surface area contributed by atoms with Crippen LogP contribution < -0.4 is 5.73 Å². The molecule has 102 valence electrons. The molecule has 0 aliphatic carbocycles. The van der Waals surface area contributed by atoms with Gasteiger partial charge in [-0.15, -0.1) is 0 Å². The smallest absolute Gasteiger partial charge is 0.191 e. The van der Waals surface area contributed by atoms with Crippen molar-refractivity contribution in [2.75, 3.05) is 39.5 Å². The summed E-state index contributed by atoms with van der Waals surface area (Å²) in [6.07, 6.45) is 0. The van der Waals surface area contributed by atoms with E-state index in [-0.39, 0.29) is 6.04 Å². The van der Waals surface area contributed by atoms with E-state index in [2.05, 4.69) is 4.99 Å². The van der Waals surface area contributed by atoms with Crippen LogP contribution >= 0.6 is 0 Å². The quantitative estimate of drug-likeness (QED) is 0.375. The summed E-state index contributed by atoms with van der Waals surface area (Å²) in [7, 11) is 0. The van der Waals surface area contributed by atoms with Gasteiger partial charge in [-0.3, -0.25) is 4.99 Å². The molecule has 0 fully saturated rings. The molecule has 0 aliphatic rings. The molecule has 0 aromatic carbocycles. The van der Waals surface area contributed by atoms with E-state index in [0.717, 1.165) is 26.3 Å². The second-order valence-electron chi connectivity index (χ2n) is 3.96. The lowest BCUT2D eigenvalue weighted by Gasteiger charge is -2.23. The molecule has 0 saturated carbocycles. The lowest BCUT2D eigenvalue weighted by atomic mass is 10.4. The Morgan fingerprint density at radius 2 is 1.59 bits per heavy atom. The van der Waals surface area contributed by atoms with Crippen molar-refractivity contribution in [1.29, 1.82) is 0 Å². The Morgan fingerprint density at radius 1 is 1.12 bits per heavy atom. The van der Waals surface area contributed by atoms with Crippen LogP contribution in [-0.2, 0) is 9.47 Å². The number of ether oxygens (including phenoxy) is 2. The van der Waals surface area contributed by atoms with Crippen LogP contribution in [0.15, 0.2) is 4.99 Å². The monoisotopic (exact) mass is 245 g/mol. The van der Waals surface area contributed by atoms with Crippen LogP contribution in [0.1, 0.15) is 27.7 Å². The zero-order chi connectivity index (χ0) is 13.1. The SMILES string of the molecule is CCOCCN(CCOCC)C(N)=NC(C)C. The molecular formula is C12H27N3O2. The molecule has 0 aromatic rings. The van der Waals surface area contributed by atoms with Gasteiger partial charge in [0.05, 0.1) is 13.2 Å². The van der Waals surface area contributed by atoms with Crippen molar-refractivity contribution in [2.24, 2.45) is 10.7 Å². The minimum Gasteiger partial charge on any atom is -0.380 e. The largest absolute Gasteiger partial charge is 0.380 e. The fraction of sp³-hybridized carbons (Fsp3) is 0.917. The Morgan fingerprint density at radius 3 is 1.94 bits per heavy atom. The van der Waals surface area contributed by atoms with E-state index in [0.29, 0.717) is 19.2 Å². The molecule has 0 heterocycles. The summed E-state index contributed by atoms with van der Waals surface area (Å²) in [5.41, 5.74) is 5.95. The van der Waals surface area contributed by atoms with E-state index in [1.54, 1.807) is 0 Å². The summed E-state index contributed by atoms with van der Waals surface area (Å²) in [6.45, 7) is 12.3. The first-order chi connectivity index (χ1) is 8.11. The van der Waals surface area contributed by atoms with E-state index in [4.69, 9.17) is 15.2 Å². The molecule has 0 unspecified atom stereocenters. The van der Waals surface area contributed by atoms with Crippen molar-refractivity contribution in [2.45, 2.75) is 33.7 Å². The molecule has 0 rings (SSSR count). The highest BCUT2D eigenvalue weighted by Gasteiger charge is 2.08. The second-order valence-corrected chi connectivity index (χ2v) is 3.96. The molecule has 17 heavy (non-hydrogen) atoms. The highest BCUT2D eigenvalue weighted by Crippen LogP contribution is 1.94. The van der Waals surface area contributed by atoms with E-state index in [9.17, 15) is 0 Å². The average molecular weight is 245 g/mol. The summed E-state index contributed by atoms with van der Waals surface area (Å²) in [5.74, 6) is 0.569. The van der Waals surface area contributed by atoms with Crippen molar-refractivity contribution < 1.29 is 9.47 Å². The first-order valence-corrected chi connectivity index (χ1v) is 6.35. The lowest BCUT2D eigenvalue weighted by molar-refractivity contribution is 0.106. The standard InChI is InChI=1S/C12H27N3O2/c1-5-16-9-7-15(8-10-17-6-2)12(13)14-11(3)4/h11H,5-10H2,1-4H3,(H2,13,14). The van der Waals surface area contributed by atoms with Gasteiger partial charge in [0, 0.05) is 32.3 Å². The van der Waals surface area contributed by atoms with Crippen molar-refractivity contribution in [3.63, 3.8) is 0 Å². The number of hydrogen-bond donors (Lipinski definition) is 1. The summed E-state index contributed by atoms with van der Waals surface area (Å²) >= 11 is 0. The minimum absolute atomic E-state index is 0.205. The van der Waals surface area contributed by atoms with Crippen LogP contribution in [0.2, 0.25) is 0 Å².